The molecule has 2 N–H and O–H groups in total. The van der Waals surface area contributed by atoms with Crippen molar-refractivity contribution >= 4 is 11.9 Å². The number of hydrogen-bond acceptors (Lipinski definition) is 3. The Morgan fingerprint density at radius 1 is 1.31 bits per heavy atom. The van der Waals surface area contributed by atoms with E-state index >= 15 is 0 Å². The van der Waals surface area contributed by atoms with Gasteiger partial charge in [0.25, 0.3) is 0 Å². The molecule has 0 saturated heterocycles. The summed E-state index contributed by atoms with van der Waals surface area (Å²) >= 11 is 0. The van der Waals surface area contributed by atoms with Crippen LogP contribution in [-0.2, 0) is 11.2 Å². The van der Waals surface area contributed by atoms with Gasteiger partial charge in [0.1, 0.15) is 0 Å². The van der Waals surface area contributed by atoms with Gasteiger partial charge in [-0.2, -0.15) is 0 Å². The van der Waals surface area contributed by atoms with Crippen LogP contribution in [0.3, 0.4) is 0 Å². The van der Waals surface area contributed by atoms with Crippen molar-refractivity contribution in [2.75, 3.05) is 33.7 Å². The number of nitrogens with one attached hydrogen (secondary N) is 2. The Kier molecular flexibility index (Phi) is 7.88. The molecule has 1 fully saturated rings. The Morgan fingerprint density at radius 2 is 2.08 bits per heavy atom. The molecule has 1 aromatic heterocycles. The lowest BCUT2D eigenvalue weighted by molar-refractivity contribution is -0.128. The molecule has 6 nitrogen and oxygen atoms in total. The highest BCUT2D eigenvalue weighted by atomic mass is 16.2. The van der Waals surface area contributed by atoms with Crippen LogP contribution in [0.1, 0.15) is 44.7 Å². The van der Waals surface area contributed by atoms with Crippen LogP contribution >= 0.6 is 0 Å². The van der Waals surface area contributed by atoms with Crippen molar-refractivity contribution in [3.05, 3.63) is 30.1 Å². The number of guanidine groups is 1. The van der Waals surface area contributed by atoms with Gasteiger partial charge in [0.05, 0.1) is 6.54 Å². The van der Waals surface area contributed by atoms with E-state index in [9.17, 15) is 4.79 Å². The average molecular weight is 360 g/mol. The molecule has 1 heterocycles. The predicted octanol–water partition coefficient (Wildman–Crippen LogP) is 2.22. The Bertz CT molecular complexity index is 581. The minimum absolute atomic E-state index is 0.0509. The number of carbonyl (C=O) groups excluding carboxylic acids is 1. The minimum Gasteiger partial charge on any atom is -0.356 e. The van der Waals surface area contributed by atoms with E-state index in [2.05, 4.69) is 27.5 Å². The highest BCUT2D eigenvalue weighted by Crippen LogP contribution is 2.40. The second-order valence-electron chi connectivity index (χ2n) is 7.23. The fourth-order valence-electron chi connectivity index (χ4n) is 3.52. The monoisotopic (exact) mass is 359 g/mol. The van der Waals surface area contributed by atoms with Crippen LogP contribution in [0.25, 0.3) is 0 Å². The molecule has 0 atom stereocenters. The number of aliphatic imine (C=N–C) groups is 1. The van der Waals surface area contributed by atoms with Crippen LogP contribution in [0.4, 0.5) is 0 Å². The van der Waals surface area contributed by atoms with Gasteiger partial charge in [-0.15, -0.1) is 0 Å². The van der Waals surface area contributed by atoms with E-state index in [1.807, 2.05) is 25.2 Å². The number of amides is 1. The third-order valence-electron chi connectivity index (χ3n) is 5.53. The number of rotatable bonds is 8. The zero-order valence-electron chi connectivity index (χ0n) is 16.4. The lowest BCUT2D eigenvalue weighted by atomic mass is 9.83. The second kappa shape index (κ2) is 10.1. The summed E-state index contributed by atoms with van der Waals surface area (Å²) in [5.41, 5.74) is 1.39. The lowest BCUT2D eigenvalue weighted by Crippen LogP contribution is -2.46. The molecular weight excluding hydrogens is 326 g/mol. The molecule has 26 heavy (non-hydrogen) atoms. The van der Waals surface area contributed by atoms with Gasteiger partial charge in [0, 0.05) is 45.5 Å². The summed E-state index contributed by atoms with van der Waals surface area (Å²) in [6.07, 6.45) is 8.93. The van der Waals surface area contributed by atoms with Gasteiger partial charge in [-0.05, 0) is 36.8 Å². The topological polar surface area (TPSA) is 69.6 Å². The van der Waals surface area contributed by atoms with E-state index in [1.165, 1.54) is 32.1 Å². The van der Waals surface area contributed by atoms with Gasteiger partial charge >= 0.3 is 0 Å². The van der Waals surface area contributed by atoms with E-state index in [-0.39, 0.29) is 12.5 Å². The van der Waals surface area contributed by atoms with Gasteiger partial charge < -0.3 is 15.5 Å². The molecule has 0 unspecified atom stereocenters. The smallest absolute Gasteiger partial charge is 0.241 e. The first kappa shape index (κ1) is 20.2. The van der Waals surface area contributed by atoms with E-state index in [4.69, 9.17) is 0 Å². The number of aromatic nitrogens is 1. The maximum atomic E-state index is 12.3. The molecule has 1 aliphatic rings. The fourth-order valence-corrected chi connectivity index (χ4v) is 3.52. The Balaban J connectivity index is 1.72. The SMILES string of the molecule is CCC1(CNC(=NC)NCC(=O)N(C)CCc2ccccn2)CCCC1. The predicted molar refractivity (Wildman–Crippen MR) is 106 cm³/mol. The van der Waals surface area contributed by atoms with Crippen molar-refractivity contribution in [3.63, 3.8) is 0 Å². The first-order chi connectivity index (χ1) is 12.6. The highest BCUT2D eigenvalue weighted by molar-refractivity contribution is 5.86. The maximum absolute atomic E-state index is 12.3. The number of hydrogen-bond donors (Lipinski definition) is 2. The number of pyridine rings is 1. The van der Waals surface area contributed by atoms with Crippen LogP contribution in [0.2, 0.25) is 0 Å². The first-order valence-corrected chi connectivity index (χ1v) is 9.67. The average Bonchev–Trinajstić information content (AvgIpc) is 3.16. The number of nitrogens with zero attached hydrogens (tertiary/aromatic N) is 3. The molecule has 0 aromatic carbocycles. The fraction of sp³-hybridized carbons (Fsp3) is 0.650. The van der Waals surface area contributed by atoms with Crippen LogP contribution in [0.15, 0.2) is 29.4 Å². The molecule has 0 aliphatic heterocycles. The van der Waals surface area contributed by atoms with E-state index < -0.39 is 0 Å². The summed E-state index contributed by atoms with van der Waals surface area (Å²) in [7, 11) is 3.58. The Morgan fingerprint density at radius 3 is 2.69 bits per heavy atom. The molecule has 1 aromatic rings. The third-order valence-corrected chi connectivity index (χ3v) is 5.53. The van der Waals surface area contributed by atoms with E-state index in [1.54, 1.807) is 18.1 Å². The van der Waals surface area contributed by atoms with Crippen LogP contribution in [0.5, 0.6) is 0 Å². The number of carbonyl (C=O) groups is 1. The van der Waals surface area contributed by atoms with Crippen molar-refractivity contribution in [2.24, 2.45) is 10.4 Å². The summed E-state index contributed by atoms with van der Waals surface area (Å²) in [6.45, 7) is 4.09. The lowest BCUT2D eigenvalue weighted by Gasteiger charge is -2.28. The van der Waals surface area contributed by atoms with Crippen molar-refractivity contribution in [1.29, 1.82) is 0 Å². The highest BCUT2D eigenvalue weighted by Gasteiger charge is 2.31. The van der Waals surface area contributed by atoms with Gasteiger partial charge in [-0.1, -0.05) is 25.8 Å². The van der Waals surface area contributed by atoms with Crippen molar-refractivity contribution in [2.45, 2.75) is 45.4 Å². The zero-order valence-corrected chi connectivity index (χ0v) is 16.4. The van der Waals surface area contributed by atoms with Crippen molar-refractivity contribution < 1.29 is 4.79 Å². The maximum Gasteiger partial charge on any atom is 0.241 e. The second-order valence-corrected chi connectivity index (χ2v) is 7.23. The summed E-state index contributed by atoms with van der Waals surface area (Å²) < 4.78 is 0. The normalized spacial score (nSPS) is 16.3. The molecule has 2 rings (SSSR count). The Labute approximate surface area is 157 Å². The molecular formula is C20H33N5O. The molecule has 6 heteroatoms. The molecule has 0 spiro atoms. The molecule has 1 amide bonds. The zero-order chi connectivity index (χ0) is 18.8. The van der Waals surface area contributed by atoms with E-state index in [0.717, 1.165) is 18.7 Å². The molecule has 144 valence electrons. The van der Waals surface area contributed by atoms with Gasteiger partial charge in [0.2, 0.25) is 5.91 Å². The van der Waals surface area contributed by atoms with E-state index in [0.29, 0.717) is 17.9 Å². The quantitative estimate of drug-likeness (QED) is 0.552. The summed E-state index contributed by atoms with van der Waals surface area (Å²) in [5, 5.41) is 6.56. The van der Waals surface area contributed by atoms with Gasteiger partial charge in [-0.25, -0.2) is 0 Å². The van der Waals surface area contributed by atoms with Crippen molar-refractivity contribution in [3.8, 4) is 0 Å². The standard InChI is InChI=1S/C20H33N5O/c1-4-20(11-6-7-12-20)16-24-19(21-2)23-15-18(26)25(3)14-10-17-9-5-8-13-22-17/h5,8-9,13H,4,6-7,10-12,14-16H2,1-3H3,(H2,21,23,24). The molecule has 0 radical (unpaired) electrons. The summed E-state index contributed by atoms with van der Waals surface area (Å²) in [5.74, 6) is 0.756. The largest absolute Gasteiger partial charge is 0.356 e. The third kappa shape index (κ3) is 6.00. The van der Waals surface area contributed by atoms with Crippen LogP contribution in [-0.4, -0.2) is 55.5 Å². The van der Waals surface area contributed by atoms with Gasteiger partial charge in [-0.3, -0.25) is 14.8 Å². The first-order valence-electron chi connectivity index (χ1n) is 9.67. The van der Waals surface area contributed by atoms with Crippen molar-refractivity contribution in [1.82, 2.24) is 20.5 Å². The van der Waals surface area contributed by atoms with Crippen LogP contribution < -0.4 is 10.6 Å². The minimum atomic E-state index is 0.0509. The molecule has 1 saturated carbocycles. The Hall–Kier alpha value is -2.11. The molecule has 1 aliphatic carbocycles. The number of likely N-dealkylation sites (N-methyl/N-ethyl adjacent to an activating group) is 1. The summed E-state index contributed by atoms with van der Waals surface area (Å²) in [6, 6.07) is 5.85. The van der Waals surface area contributed by atoms with Gasteiger partial charge in [0.15, 0.2) is 5.96 Å². The summed E-state index contributed by atoms with van der Waals surface area (Å²) in [4.78, 5) is 22.6. The van der Waals surface area contributed by atoms with Crippen LogP contribution in [0, 0.1) is 5.41 Å². The molecule has 0 bridgehead atoms.